The Labute approximate surface area is 163 Å². The van der Waals surface area contributed by atoms with Crippen LogP contribution < -0.4 is 0 Å². The predicted octanol–water partition coefficient (Wildman–Crippen LogP) is 1.78. The molecular formula is C20H27NO7. The molecule has 28 heavy (non-hydrogen) atoms. The molecule has 2 fully saturated rings. The lowest BCUT2D eigenvalue weighted by molar-refractivity contribution is -0.170. The van der Waals surface area contributed by atoms with Crippen LogP contribution in [-0.4, -0.2) is 68.0 Å². The van der Waals surface area contributed by atoms with E-state index in [2.05, 4.69) is 42.3 Å². The minimum atomic E-state index is -2.74. The summed E-state index contributed by atoms with van der Waals surface area (Å²) in [6, 6.07) is 12.8. The molecule has 0 aliphatic carbocycles. The highest BCUT2D eigenvalue weighted by molar-refractivity contribution is 5.88. The van der Waals surface area contributed by atoms with Gasteiger partial charge in [0.05, 0.1) is 12.8 Å². The van der Waals surface area contributed by atoms with Crippen molar-refractivity contribution in [3.63, 3.8) is 0 Å². The van der Waals surface area contributed by atoms with Crippen molar-refractivity contribution in [3.8, 4) is 0 Å². The maximum Gasteiger partial charge on any atom is 0.336 e. The quantitative estimate of drug-likeness (QED) is 0.574. The first-order valence-electron chi connectivity index (χ1n) is 9.28. The first-order chi connectivity index (χ1) is 13.1. The Bertz CT molecular complexity index is 676. The molecule has 2 heterocycles. The number of carboxylic acids is 3. The van der Waals surface area contributed by atoms with E-state index >= 15 is 0 Å². The Kier molecular flexibility index (Phi) is 7.15. The lowest BCUT2D eigenvalue weighted by atomic mass is 9.85. The number of nitrogens with zero attached hydrogens (tertiary/aromatic N) is 1. The van der Waals surface area contributed by atoms with Gasteiger partial charge in [-0.05, 0) is 44.2 Å². The second kappa shape index (κ2) is 9.16. The third kappa shape index (κ3) is 5.53. The molecule has 2 saturated heterocycles. The van der Waals surface area contributed by atoms with Crippen molar-refractivity contribution >= 4 is 17.9 Å². The fourth-order valence-electron chi connectivity index (χ4n) is 4.12. The van der Waals surface area contributed by atoms with Gasteiger partial charge >= 0.3 is 17.9 Å². The topological polar surface area (TPSA) is 135 Å². The van der Waals surface area contributed by atoms with Gasteiger partial charge in [-0.2, -0.15) is 0 Å². The molecular weight excluding hydrogens is 366 g/mol. The van der Waals surface area contributed by atoms with E-state index in [1.165, 1.54) is 25.7 Å². The summed E-state index contributed by atoms with van der Waals surface area (Å²) in [5.41, 5.74) is -1.18. The van der Waals surface area contributed by atoms with Crippen LogP contribution in [0.25, 0.3) is 0 Å². The standard InChI is InChI=1S/C14H19N.C6H8O7/c1-15-13-7-8-14(15)10-12(9-13)11-5-3-2-4-6-11;7-3(8)1-6(13,5(11)12)2-4(9)10/h2-6,12-14H,7-10H2,1H3;13H,1-2H2,(H,7,8)(H,9,10)(H,11,12). The average Bonchev–Trinajstić information content (AvgIpc) is 2.82. The molecule has 154 valence electrons. The molecule has 2 atom stereocenters. The highest BCUT2D eigenvalue weighted by Crippen LogP contribution is 2.41. The summed E-state index contributed by atoms with van der Waals surface area (Å²) < 4.78 is 0. The summed E-state index contributed by atoms with van der Waals surface area (Å²) in [4.78, 5) is 33.1. The van der Waals surface area contributed by atoms with Gasteiger partial charge in [0.15, 0.2) is 5.60 Å². The van der Waals surface area contributed by atoms with E-state index in [0.29, 0.717) is 0 Å². The summed E-state index contributed by atoms with van der Waals surface area (Å²) in [5.74, 6) is -4.20. The molecule has 2 bridgehead atoms. The Morgan fingerprint density at radius 1 is 0.964 bits per heavy atom. The zero-order valence-electron chi connectivity index (χ0n) is 15.8. The molecule has 0 saturated carbocycles. The monoisotopic (exact) mass is 393 g/mol. The molecule has 2 aliphatic rings. The van der Waals surface area contributed by atoms with Crippen molar-refractivity contribution in [2.75, 3.05) is 7.05 Å². The van der Waals surface area contributed by atoms with E-state index in [9.17, 15) is 14.4 Å². The molecule has 0 amide bonds. The number of carbonyl (C=O) groups is 3. The van der Waals surface area contributed by atoms with Crippen LogP contribution in [-0.2, 0) is 14.4 Å². The second-order valence-corrected chi connectivity index (χ2v) is 7.61. The SMILES string of the molecule is CN1C2CCC1CC(c1ccccc1)C2.O=C(O)CC(O)(CC(=O)O)C(=O)O. The van der Waals surface area contributed by atoms with E-state index in [1.807, 2.05) is 0 Å². The van der Waals surface area contributed by atoms with Crippen LogP contribution in [0.1, 0.15) is 50.0 Å². The van der Waals surface area contributed by atoms with Crippen LogP contribution in [0, 0.1) is 0 Å². The van der Waals surface area contributed by atoms with Crippen LogP contribution in [0.4, 0.5) is 0 Å². The summed E-state index contributed by atoms with van der Waals surface area (Å²) in [5, 5.41) is 33.8. The van der Waals surface area contributed by atoms with E-state index in [1.54, 1.807) is 5.56 Å². The molecule has 0 spiro atoms. The van der Waals surface area contributed by atoms with Gasteiger partial charge in [0.25, 0.3) is 0 Å². The molecule has 1 aromatic carbocycles. The van der Waals surface area contributed by atoms with E-state index < -0.39 is 36.4 Å². The molecule has 8 heteroatoms. The largest absolute Gasteiger partial charge is 0.481 e. The number of carboxylic acid groups (broad SMARTS) is 3. The van der Waals surface area contributed by atoms with E-state index in [-0.39, 0.29) is 0 Å². The first-order valence-corrected chi connectivity index (χ1v) is 9.28. The Morgan fingerprint density at radius 2 is 1.43 bits per heavy atom. The lowest BCUT2D eigenvalue weighted by Crippen LogP contribution is -2.42. The van der Waals surface area contributed by atoms with Gasteiger partial charge in [0.2, 0.25) is 0 Å². The highest BCUT2D eigenvalue weighted by atomic mass is 16.4. The fourth-order valence-corrected chi connectivity index (χ4v) is 4.12. The van der Waals surface area contributed by atoms with Crippen molar-refractivity contribution in [2.45, 2.75) is 62.1 Å². The van der Waals surface area contributed by atoms with E-state index in [0.717, 1.165) is 18.0 Å². The van der Waals surface area contributed by atoms with Gasteiger partial charge in [-0.15, -0.1) is 0 Å². The lowest BCUT2D eigenvalue weighted by Gasteiger charge is -2.36. The van der Waals surface area contributed by atoms with Crippen LogP contribution in [0.2, 0.25) is 0 Å². The normalized spacial score (nSPS) is 24.1. The molecule has 1 aromatic rings. The van der Waals surface area contributed by atoms with Gasteiger partial charge in [-0.25, -0.2) is 4.79 Å². The number of hydrogen-bond acceptors (Lipinski definition) is 5. The zero-order chi connectivity index (χ0) is 20.9. The summed E-state index contributed by atoms with van der Waals surface area (Å²) in [7, 11) is 2.31. The smallest absolute Gasteiger partial charge is 0.336 e. The molecule has 2 unspecified atom stereocenters. The van der Waals surface area contributed by atoms with Crippen molar-refractivity contribution in [1.82, 2.24) is 4.90 Å². The van der Waals surface area contributed by atoms with Crippen LogP contribution in [0.5, 0.6) is 0 Å². The van der Waals surface area contributed by atoms with Gasteiger partial charge < -0.3 is 25.3 Å². The summed E-state index contributed by atoms with van der Waals surface area (Å²) >= 11 is 0. The highest BCUT2D eigenvalue weighted by Gasteiger charge is 2.41. The van der Waals surface area contributed by atoms with Crippen LogP contribution in [0.15, 0.2) is 30.3 Å². The number of rotatable bonds is 6. The van der Waals surface area contributed by atoms with Crippen LogP contribution in [0.3, 0.4) is 0 Å². The molecule has 8 nitrogen and oxygen atoms in total. The number of piperidine rings is 1. The van der Waals surface area contributed by atoms with Crippen LogP contribution >= 0.6 is 0 Å². The Morgan fingerprint density at radius 3 is 1.82 bits per heavy atom. The average molecular weight is 393 g/mol. The summed E-state index contributed by atoms with van der Waals surface area (Å²) in [6.07, 6.45) is 3.30. The zero-order valence-corrected chi connectivity index (χ0v) is 15.8. The van der Waals surface area contributed by atoms with Gasteiger partial charge in [-0.1, -0.05) is 30.3 Å². The second-order valence-electron chi connectivity index (χ2n) is 7.61. The molecule has 2 aliphatic heterocycles. The van der Waals surface area contributed by atoms with Gasteiger partial charge in [0.1, 0.15) is 0 Å². The number of hydrogen-bond donors (Lipinski definition) is 4. The van der Waals surface area contributed by atoms with Crippen molar-refractivity contribution in [2.24, 2.45) is 0 Å². The summed E-state index contributed by atoms with van der Waals surface area (Å²) in [6.45, 7) is 0. The number of aliphatic carboxylic acids is 3. The van der Waals surface area contributed by atoms with Crippen molar-refractivity contribution < 1.29 is 34.8 Å². The van der Waals surface area contributed by atoms with Crippen molar-refractivity contribution in [3.05, 3.63) is 35.9 Å². The van der Waals surface area contributed by atoms with Gasteiger partial charge in [-0.3, -0.25) is 9.59 Å². The Hall–Kier alpha value is -2.45. The number of fused-ring (bicyclic) bond motifs is 2. The third-order valence-electron chi connectivity index (χ3n) is 5.65. The maximum atomic E-state index is 10.3. The Balaban J connectivity index is 0.000000204. The van der Waals surface area contributed by atoms with E-state index in [4.69, 9.17) is 20.4 Å². The molecule has 0 radical (unpaired) electrons. The number of aliphatic hydroxyl groups is 1. The minimum absolute atomic E-state index is 0.819. The maximum absolute atomic E-state index is 10.3. The van der Waals surface area contributed by atoms with Crippen molar-refractivity contribution in [1.29, 1.82) is 0 Å². The number of benzene rings is 1. The third-order valence-corrected chi connectivity index (χ3v) is 5.65. The minimum Gasteiger partial charge on any atom is -0.481 e. The molecule has 0 aromatic heterocycles. The molecule has 3 rings (SSSR count). The predicted molar refractivity (Wildman–Crippen MR) is 100 cm³/mol. The van der Waals surface area contributed by atoms with Gasteiger partial charge in [0, 0.05) is 12.1 Å². The fraction of sp³-hybridized carbons (Fsp3) is 0.550. The molecule has 4 N–H and O–H groups in total. The first kappa shape index (κ1) is 21.8.